The average Bonchev–Trinajstić information content (AvgIpc) is 1.49. The number of alkyl halides is 12. The number of ketones is 1. The largest absolute Gasteiger partial charge is 0.429 e. The molecule has 0 amide bonds. The fraction of sp³-hybridized carbons (Fsp3) is 0.750. The number of carbonyl (C=O) groups excluding carboxylic acids is 1. The molecule has 680 valence electrons. The molecule has 0 radical (unpaired) electrons. The maximum atomic E-state index is 14.6. The van der Waals surface area contributed by atoms with Crippen LogP contribution in [0.4, 0.5) is 52.7 Å². The van der Waals surface area contributed by atoms with Gasteiger partial charge in [0, 0.05) is 34.7 Å². The van der Waals surface area contributed by atoms with Crippen molar-refractivity contribution < 1.29 is 100 Å². The maximum absolute atomic E-state index is 14.6. The molecule has 6 fully saturated rings. The Morgan fingerprint density at radius 2 is 0.966 bits per heavy atom. The molecular weight excluding hydrogens is 1640 g/mol. The van der Waals surface area contributed by atoms with E-state index in [2.05, 4.69) is 93.7 Å². The van der Waals surface area contributed by atoms with Crippen LogP contribution in [0.1, 0.15) is 251 Å². The van der Waals surface area contributed by atoms with E-state index >= 15 is 0 Å². The van der Waals surface area contributed by atoms with E-state index in [1.165, 1.54) is 30.8 Å². The predicted molar refractivity (Wildman–Crippen MR) is 468 cm³/mol. The van der Waals surface area contributed by atoms with Crippen LogP contribution in [0.15, 0.2) is 120 Å². The van der Waals surface area contributed by atoms with Gasteiger partial charge in [0.1, 0.15) is 12.9 Å². The second-order valence-corrected chi connectivity index (χ2v) is 59.8. The molecule has 0 saturated heterocycles. The number of benzene rings is 2. The number of fused-ring (bicyclic) bond motifs is 2. The lowest BCUT2D eigenvalue weighted by atomic mass is 9.55. The minimum absolute atomic E-state index is 0.000925. The van der Waals surface area contributed by atoms with Gasteiger partial charge >= 0.3 is 24.7 Å². The standard InChI is InChI=1S/C32H48F6O4.C32H51O3PSi2.C28H48F6O3Si2/c1-27(2,41)13-6-14-28(3,15-7-17-30(42,31(33,34)35)32(36,37)38)26-12-11-25-22(8-5-16-29(25,26)4)10-9-21-18-23(39)20-24(40)19-21;1-31(2,3)37(7,8)34-27-23-26(24-28(25-27)35-38(9,10)32(4,5)6)21-22-36(33,29-17-13-11-14-18-29)30-19-15-12-16-20-30;1-23(2,36-38-5)15-10-16-24(3,22-14-13-20-21(35)12-9-18-25(20,22)4)17-11-19-26(27(29,30)31,28(32,33)34)37-39(6,7)8/h7,9-10,17,23-26,39-42H,5-6,8,11-16,18-20H2,1-4H3;11-21,27-28H,22-25H2,1-10H3;11,19-20,22H,9-10,12-18,38H2,1-8H3/b17-7-,22-10+;;19-11-/t23-,24-,25?,26?,28?,29+;27-,28-;20?,22?,24?,25-/m110/s1. The Morgan fingerprint density at radius 1 is 0.538 bits per heavy atom. The zero-order chi connectivity index (χ0) is 90.3. The number of aliphatic hydroxyl groups excluding tert-OH is 2. The topological polar surface area (TPSA) is 152 Å². The second kappa shape index (κ2) is 39.6. The number of hydrogen-bond donors (Lipinski definition) is 4. The molecule has 6 aliphatic rings. The molecule has 6 aliphatic carbocycles. The molecule has 12 atom stereocenters. The van der Waals surface area contributed by atoms with Gasteiger partial charge in [-0.3, -0.25) is 4.79 Å². The molecule has 0 bridgehead atoms. The lowest BCUT2D eigenvalue weighted by molar-refractivity contribution is -0.347. The van der Waals surface area contributed by atoms with E-state index < -0.39 is 106 Å². The van der Waals surface area contributed by atoms with Gasteiger partial charge in [0.25, 0.3) is 11.2 Å². The third-order valence-electron chi connectivity index (χ3n) is 28.3. The van der Waals surface area contributed by atoms with Crippen molar-refractivity contribution >= 4 is 58.2 Å². The van der Waals surface area contributed by atoms with E-state index in [1.54, 1.807) is 13.8 Å². The zero-order valence-corrected chi connectivity index (χ0v) is 80.8. The van der Waals surface area contributed by atoms with Crippen molar-refractivity contribution in [3.05, 3.63) is 120 Å². The van der Waals surface area contributed by atoms with Gasteiger partial charge in [-0.15, -0.1) is 0 Å². The van der Waals surface area contributed by atoms with Crippen molar-refractivity contribution in [2.24, 2.45) is 45.3 Å². The van der Waals surface area contributed by atoms with Crippen LogP contribution in [-0.2, 0) is 27.1 Å². The molecule has 2 aromatic carbocycles. The minimum Gasteiger partial charge on any atom is -0.419 e. The van der Waals surface area contributed by atoms with Crippen LogP contribution in [0, 0.1) is 45.3 Å². The number of carbonyl (C=O) groups is 1. The molecule has 6 unspecified atom stereocenters. The summed E-state index contributed by atoms with van der Waals surface area (Å²) in [6, 6.07) is 20.0. The summed E-state index contributed by atoms with van der Waals surface area (Å²) in [7, 11) is -10.6. The van der Waals surface area contributed by atoms with Crippen LogP contribution in [0.25, 0.3) is 0 Å². The SMILES string of the molecule is CC(C)(C)[Si](C)(C)O[C@@H]1CC(=CCP(=O)(c2ccccc2)c2ccccc2)C[C@@H](O[Si](C)(C)C(C)(C)C)C1.CC(C)(O)CCCC(C)(C/C=C\C(O)(C(F)(F)F)C(F)(F)F)C1CCC2/C(=C/C=C3C[C@@H](O)C[C@H](O)C3)CCC[C@@]21C.C[SiH2]OC(C)(C)CCCC(C)(C/C=C\C(O[Si](C)(C)C)(C(F)(F)F)C(F)(F)F)C1CCC2C(=O)CCC[C@@]21C. The van der Waals surface area contributed by atoms with E-state index in [0.29, 0.717) is 57.5 Å². The molecule has 2 aromatic rings. The highest BCUT2D eigenvalue weighted by Crippen LogP contribution is 2.66. The van der Waals surface area contributed by atoms with Crippen molar-refractivity contribution in [2.45, 2.75) is 385 Å². The second-order valence-electron chi connectivity index (χ2n) is 42.1. The smallest absolute Gasteiger partial charge is 0.419 e. The van der Waals surface area contributed by atoms with Gasteiger partial charge in [0.15, 0.2) is 34.7 Å². The maximum Gasteiger partial charge on any atom is 0.429 e. The Kier molecular flexibility index (Phi) is 34.7. The molecule has 0 aromatic heterocycles. The van der Waals surface area contributed by atoms with Crippen LogP contribution < -0.4 is 10.6 Å². The van der Waals surface area contributed by atoms with Crippen LogP contribution in [0.3, 0.4) is 0 Å². The molecule has 6 saturated carbocycles. The van der Waals surface area contributed by atoms with Gasteiger partial charge in [0.2, 0.25) is 0 Å². The average molecular weight is 1780 g/mol. The normalized spacial score (nSPS) is 26.8. The first-order valence-corrected chi connectivity index (χ1v) is 56.6. The molecule has 119 heavy (non-hydrogen) atoms. The highest BCUT2D eigenvalue weighted by atomic mass is 31.2. The van der Waals surface area contributed by atoms with E-state index in [-0.39, 0.29) is 93.2 Å². The molecule has 10 nitrogen and oxygen atoms in total. The summed E-state index contributed by atoms with van der Waals surface area (Å²) in [4.78, 5) is 12.8. The van der Waals surface area contributed by atoms with E-state index in [0.717, 1.165) is 118 Å². The fourth-order valence-corrected chi connectivity index (χ4v) is 27.5. The van der Waals surface area contributed by atoms with Crippen molar-refractivity contribution in [1.82, 2.24) is 0 Å². The number of hydrogen-bond acceptors (Lipinski definition) is 10. The van der Waals surface area contributed by atoms with Crippen molar-refractivity contribution in [2.75, 3.05) is 6.16 Å². The molecule has 0 spiro atoms. The van der Waals surface area contributed by atoms with E-state index in [9.17, 15) is 82.5 Å². The van der Waals surface area contributed by atoms with Gasteiger partial charge in [-0.25, -0.2) is 0 Å². The molecule has 4 N–H and O–H groups in total. The third-order valence-corrected chi connectivity index (χ3v) is 42.3. The van der Waals surface area contributed by atoms with Crippen LogP contribution in [-0.4, -0.2) is 139 Å². The predicted octanol–water partition coefficient (Wildman–Crippen LogP) is 25.1. The van der Waals surface area contributed by atoms with Crippen molar-refractivity contribution in [3.8, 4) is 0 Å². The molecule has 0 heterocycles. The van der Waals surface area contributed by atoms with Gasteiger partial charge < -0.3 is 42.7 Å². The Morgan fingerprint density at radius 3 is 1.39 bits per heavy atom. The highest BCUT2D eigenvalue weighted by Gasteiger charge is 2.72. The Labute approximate surface area is 710 Å². The molecule has 0 aliphatic heterocycles. The van der Waals surface area contributed by atoms with Gasteiger partial charge in [-0.2, -0.15) is 52.7 Å². The Bertz CT molecular complexity index is 3690. The summed E-state index contributed by atoms with van der Waals surface area (Å²) in [5, 5.41) is 42.2. The first-order valence-electron chi connectivity index (χ1n) is 43.5. The first-order chi connectivity index (χ1) is 54.1. The summed E-state index contributed by atoms with van der Waals surface area (Å²) < 4.78 is 204. The van der Waals surface area contributed by atoms with Crippen LogP contribution in [0.2, 0.25) is 62.5 Å². The number of Topliss-reactive ketones (excluding diaryl/α,β-unsaturated/α-hetero) is 1. The summed E-state index contributed by atoms with van der Waals surface area (Å²) in [6.07, 6.45) is 0.457. The van der Waals surface area contributed by atoms with Gasteiger partial charge in [-0.1, -0.05) is 196 Å². The van der Waals surface area contributed by atoms with Crippen LogP contribution >= 0.6 is 7.14 Å². The quantitative estimate of drug-likeness (QED) is 0.0268. The summed E-state index contributed by atoms with van der Waals surface area (Å²) in [5.41, 5.74) is -8.77. The molecular formula is C92H147F12O10PSi4. The number of aliphatic hydroxyl groups is 4. The lowest BCUT2D eigenvalue weighted by Crippen LogP contribution is -2.61. The monoisotopic (exact) mass is 1780 g/mol. The Hall–Kier alpha value is -3.25. The van der Waals surface area contributed by atoms with E-state index in [4.69, 9.17) is 17.7 Å². The van der Waals surface area contributed by atoms with Crippen molar-refractivity contribution in [1.29, 1.82) is 0 Å². The summed E-state index contributed by atoms with van der Waals surface area (Å²) >= 11 is 0. The highest BCUT2D eigenvalue weighted by molar-refractivity contribution is 7.78. The zero-order valence-electron chi connectivity index (χ0n) is 75.5. The first kappa shape index (κ1) is 105. The van der Waals surface area contributed by atoms with Crippen molar-refractivity contribution in [3.63, 3.8) is 0 Å². The number of allylic oxidation sites excluding steroid dienone is 6. The third kappa shape index (κ3) is 26.7. The number of rotatable bonds is 29. The Balaban J connectivity index is 0.000000277. The molecule has 27 heteroatoms. The van der Waals surface area contributed by atoms with E-state index in [1.807, 2.05) is 101 Å². The van der Waals surface area contributed by atoms with Crippen LogP contribution in [0.5, 0.6) is 0 Å². The summed E-state index contributed by atoms with van der Waals surface area (Å²) in [5.74, 6) is 0.360. The fourth-order valence-electron chi connectivity index (χ4n) is 20.1. The summed E-state index contributed by atoms with van der Waals surface area (Å²) in [6.45, 7) is 44.8. The minimum atomic E-state index is -5.91. The van der Waals surface area contributed by atoms with Gasteiger partial charge in [-0.05, 0) is 270 Å². The molecule has 8 rings (SSSR count). The lowest BCUT2D eigenvalue weighted by Gasteiger charge is -2.49. The number of halogens is 12. The van der Waals surface area contributed by atoms with Gasteiger partial charge in [0.05, 0.1) is 30.0 Å².